The Morgan fingerprint density at radius 3 is 2.76 bits per heavy atom. The topological polar surface area (TPSA) is 84.1 Å². The quantitative estimate of drug-likeness (QED) is 0.762. The second-order valence-corrected chi connectivity index (χ2v) is 3.54. The molecule has 3 N–H and O–H groups in total. The van der Waals surface area contributed by atoms with Crippen molar-refractivity contribution in [2.45, 2.75) is 20.3 Å². The van der Waals surface area contributed by atoms with Gasteiger partial charge in [-0.25, -0.2) is 4.98 Å². The molecule has 0 spiro atoms. The van der Waals surface area contributed by atoms with Crippen LogP contribution in [0.1, 0.15) is 20.3 Å². The summed E-state index contributed by atoms with van der Waals surface area (Å²) in [5.74, 6) is 1.01. The lowest BCUT2D eigenvalue weighted by Gasteiger charge is -2.18. The van der Waals surface area contributed by atoms with Crippen LogP contribution in [0.2, 0.25) is 0 Å². The average Bonchev–Trinajstić information content (AvgIpc) is 2.30. The first-order valence-electron chi connectivity index (χ1n) is 5.77. The highest BCUT2D eigenvalue weighted by Crippen LogP contribution is 2.03. The van der Waals surface area contributed by atoms with Crippen molar-refractivity contribution in [1.29, 1.82) is 0 Å². The highest BCUT2D eigenvalue weighted by Gasteiger charge is 2.08. The number of nitrogen functional groups attached to an aromatic ring is 1. The fourth-order valence-corrected chi connectivity index (χ4v) is 1.50. The van der Waals surface area contributed by atoms with E-state index in [9.17, 15) is 4.79 Å². The normalized spacial score (nSPS) is 10.0. The number of carbonyl (C=O) groups is 1. The standard InChI is InChI=1S/C11H19N5O/c1-3-16(4-2)10(17)6-8-13-9-5-7-14-11(12)15-9/h5,7H,3-4,6,8H2,1-2H3,(H3,12,13,14,15). The van der Waals surface area contributed by atoms with Gasteiger partial charge in [-0.15, -0.1) is 0 Å². The minimum absolute atomic E-state index is 0.143. The van der Waals surface area contributed by atoms with Crippen LogP contribution in [0.3, 0.4) is 0 Å². The van der Waals surface area contributed by atoms with Gasteiger partial charge in [-0.1, -0.05) is 0 Å². The van der Waals surface area contributed by atoms with Crippen LogP contribution in [0.25, 0.3) is 0 Å². The molecule has 1 heterocycles. The third-order valence-electron chi connectivity index (χ3n) is 2.44. The number of nitrogens with two attached hydrogens (primary N) is 1. The zero-order chi connectivity index (χ0) is 12.7. The molecule has 1 aromatic rings. The second kappa shape index (κ2) is 6.67. The van der Waals surface area contributed by atoms with Crippen molar-refractivity contribution in [3.8, 4) is 0 Å². The summed E-state index contributed by atoms with van der Waals surface area (Å²) in [5.41, 5.74) is 5.44. The van der Waals surface area contributed by atoms with Gasteiger partial charge in [0.25, 0.3) is 0 Å². The lowest BCUT2D eigenvalue weighted by molar-refractivity contribution is -0.130. The summed E-state index contributed by atoms with van der Waals surface area (Å²) in [6.45, 7) is 5.98. The molecule has 0 bridgehead atoms. The summed E-state index contributed by atoms with van der Waals surface area (Å²) in [6, 6.07) is 1.72. The number of anilines is 2. The number of rotatable bonds is 6. The van der Waals surface area contributed by atoms with E-state index in [0.29, 0.717) is 18.8 Å². The minimum atomic E-state index is 0.143. The molecule has 0 aliphatic heterocycles. The van der Waals surface area contributed by atoms with Crippen LogP contribution in [0.5, 0.6) is 0 Å². The van der Waals surface area contributed by atoms with E-state index in [1.807, 2.05) is 13.8 Å². The third kappa shape index (κ3) is 4.26. The Hall–Kier alpha value is -1.85. The van der Waals surface area contributed by atoms with Crippen molar-refractivity contribution in [1.82, 2.24) is 14.9 Å². The van der Waals surface area contributed by atoms with Gasteiger partial charge in [0.15, 0.2) is 0 Å². The molecule has 0 aromatic carbocycles. The zero-order valence-electron chi connectivity index (χ0n) is 10.3. The first-order chi connectivity index (χ1) is 8.17. The molecule has 17 heavy (non-hydrogen) atoms. The molecule has 0 aliphatic rings. The van der Waals surface area contributed by atoms with E-state index < -0.39 is 0 Å². The van der Waals surface area contributed by atoms with Gasteiger partial charge in [0.2, 0.25) is 11.9 Å². The van der Waals surface area contributed by atoms with Gasteiger partial charge in [-0.05, 0) is 19.9 Å². The number of nitrogens with zero attached hydrogens (tertiary/aromatic N) is 3. The van der Waals surface area contributed by atoms with Crippen molar-refractivity contribution < 1.29 is 4.79 Å². The molecule has 6 heteroatoms. The van der Waals surface area contributed by atoms with Crippen LogP contribution in [0, 0.1) is 0 Å². The number of hydrogen-bond donors (Lipinski definition) is 2. The van der Waals surface area contributed by atoms with Gasteiger partial charge in [-0.2, -0.15) is 4.98 Å². The van der Waals surface area contributed by atoms with E-state index in [-0.39, 0.29) is 11.9 Å². The van der Waals surface area contributed by atoms with Gasteiger partial charge >= 0.3 is 0 Å². The number of aromatic nitrogens is 2. The first-order valence-corrected chi connectivity index (χ1v) is 5.77. The van der Waals surface area contributed by atoms with Gasteiger partial charge in [0, 0.05) is 32.3 Å². The van der Waals surface area contributed by atoms with Crippen molar-refractivity contribution in [3.05, 3.63) is 12.3 Å². The zero-order valence-corrected chi connectivity index (χ0v) is 10.3. The number of hydrogen-bond acceptors (Lipinski definition) is 5. The van der Waals surface area contributed by atoms with Crippen LogP contribution in [0.4, 0.5) is 11.8 Å². The molecule has 0 unspecified atom stereocenters. The average molecular weight is 237 g/mol. The predicted octanol–water partition coefficient (Wildman–Crippen LogP) is 0.729. The Morgan fingerprint density at radius 2 is 2.18 bits per heavy atom. The van der Waals surface area contributed by atoms with Crippen molar-refractivity contribution in [3.63, 3.8) is 0 Å². The Labute approximate surface area is 101 Å². The number of nitrogens with one attached hydrogen (secondary N) is 1. The Balaban J connectivity index is 2.35. The fraction of sp³-hybridized carbons (Fsp3) is 0.545. The van der Waals surface area contributed by atoms with E-state index >= 15 is 0 Å². The van der Waals surface area contributed by atoms with Crippen LogP contribution in [0.15, 0.2) is 12.3 Å². The van der Waals surface area contributed by atoms with Gasteiger partial charge in [0.05, 0.1) is 0 Å². The van der Waals surface area contributed by atoms with Crippen molar-refractivity contribution in [2.75, 3.05) is 30.7 Å². The van der Waals surface area contributed by atoms with E-state index in [0.717, 1.165) is 13.1 Å². The molecule has 1 amide bonds. The number of carbonyl (C=O) groups excluding carboxylic acids is 1. The maximum atomic E-state index is 11.7. The molecule has 0 fully saturated rings. The lowest BCUT2D eigenvalue weighted by atomic mass is 10.3. The fourth-order valence-electron chi connectivity index (χ4n) is 1.50. The summed E-state index contributed by atoms with van der Waals surface area (Å²) in [4.78, 5) is 21.3. The molecule has 94 valence electrons. The molecule has 0 atom stereocenters. The molecule has 0 saturated heterocycles. The highest BCUT2D eigenvalue weighted by atomic mass is 16.2. The molecule has 0 radical (unpaired) electrons. The number of amides is 1. The molecular formula is C11H19N5O. The third-order valence-corrected chi connectivity index (χ3v) is 2.44. The Kier molecular flexibility index (Phi) is 5.19. The van der Waals surface area contributed by atoms with Crippen LogP contribution >= 0.6 is 0 Å². The van der Waals surface area contributed by atoms with Crippen molar-refractivity contribution in [2.24, 2.45) is 0 Å². The summed E-state index contributed by atoms with van der Waals surface area (Å²) in [6.07, 6.45) is 2.03. The van der Waals surface area contributed by atoms with E-state index in [4.69, 9.17) is 5.73 Å². The summed E-state index contributed by atoms with van der Waals surface area (Å²) in [7, 11) is 0. The Bertz CT molecular complexity index is 365. The lowest BCUT2D eigenvalue weighted by Crippen LogP contribution is -2.31. The molecular weight excluding hydrogens is 218 g/mol. The minimum Gasteiger partial charge on any atom is -0.369 e. The summed E-state index contributed by atoms with van der Waals surface area (Å²) in [5, 5.41) is 3.04. The predicted molar refractivity (Wildman–Crippen MR) is 67.5 cm³/mol. The molecule has 0 saturated carbocycles. The van der Waals surface area contributed by atoms with E-state index in [2.05, 4.69) is 15.3 Å². The van der Waals surface area contributed by atoms with E-state index in [1.165, 1.54) is 0 Å². The van der Waals surface area contributed by atoms with Gasteiger partial charge < -0.3 is 16.0 Å². The smallest absolute Gasteiger partial charge is 0.224 e. The largest absolute Gasteiger partial charge is 0.369 e. The van der Waals surface area contributed by atoms with Gasteiger partial charge in [-0.3, -0.25) is 4.79 Å². The van der Waals surface area contributed by atoms with E-state index in [1.54, 1.807) is 17.2 Å². The molecule has 1 rings (SSSR count). The monoisotopic (exact) mass is 237 g/mol. The van der Waals surface area contributed by atoms with Crippen LogP contribution in [-0.2, 0) is 4.79 Å². The molecule has 6 nitrogen and oxygen atoms in total. The van der Waals surface area contributed by atoms with Crippen molar-refractivity contribution >= 4 is 17.7 Å². The SMILES string of the molecule is CCN(CC)C(=O)CCNc1ccnc(N)n1. The molecule has 0 aliphatic carbocycles. The Morgan fingerprint density at radius 1 is 1.47 bits per heavy atom. The van der Waals surface area contributed by atoms with Gasteiger partial charge in [0.1, 0.15) is 5.82 Å². The first kappa shape index (κ1) is 13.2. The van der Waals surface area contributed by atoms with Crippen LogP contribution < -0.4 is 11.1 Å². The summed E-state index contributed by atoms with van der Waals surface area (Å²) < 4.78 is 0. The molecule has 1 aromatic heterocycles. The van der Waals surface area contributed by atoms with Crippen LogP contribution in [-0.4, -0.2) is 40.4 Å². The highest BCUT2D eigenvalue weighted by molar-refractivity contribution is 5.76. The second-order valence-electron chi connectivity index (χ2n) is 3.54. The maximum absolute atomic E-state index is 11.7. The summed E-state index contributed by atoms with van der Waals surface area (Å²) >= 11 is 0. The maximum Gasteiger partial charge on any atom is 0.224 e.